The molecule has 2 amide bonds. The average molecular weight is 460 g/mol. The molecule has 0 fully saturated rings. The quantitative estimate of drug-likeness (QED) is 0.639. The van der Waals surface area contributed by atoms with Gasteiger partial charge in [0.2, 0.25) is 0 Å². The number of nitrogens with zero attached hydrogens (tertiary/aromatic N) is 1. The zero-order chi connectivity index (χ0) is 22.7. The van der Waals surface area contributed by atoms with E-state index >= 15 is 0 Å². The molecule has 0 saturated carbocycles. The Kier molecular flexibility index (Phi) is 6.50. The van der Waals surface area contributed by atoms with Crippen molar-refractivity contribution in [3.8, 4) is 0 Å². The Morgan fingerprint density at radius 3 is 2.75 bits per heavy atom. The van der Waals surface area contributed by atoms with Gasteiger partial charge in [0.1, 0.15) is 11.6 Å². The summed E-state index contributed by atoms with van der Waals surface area (Å²) in [5.41, 5.74) is 2.41. The maximum Gasteiger partial charge on any atom is 0.407 e. The van der Waals surface area contributed by atoms with Gasteiger partial charge in [-0.3, -0.25) is 9.79 Å². The molecule has 32 heavy (non-hydrogen) atoms. The fraction of sp³-hybridized carbons (Fsp3) is 0.261. The van der Waals surface area contributed by atoms with Crippen molar-refractivity contribution in [2.45, 2.75) is 25.3 Å². The number of fused-ring (bicyclic) bond motifs is 1. The third kappa shape index (κ3) is 4.80. The number of rotatable bonds is 6. The molecule has 0 saturated heterocycles. The van der Waals surface area contributed by atoms with Crippen molar-refractivity contribution < 1.29 is 23.1 Å². The molecule has 2 aromatic carbocycles. The van der Waals surface area contributed by atoms with Crippen LogP contribution in [0.1, 0.15) is 40.4 Å². The highest BCUT2D eigenvalue weighted by Crippen LogP contribution is 2.36. The van der Waals surface area contributed by atoms with Gasteiger partial charge in [-0.1, -0.05) is 17.7 Å². The Bertz CT molecular complexity index is 1130. The number of carbonyl (C=O) groups is 2. The van der Waals surface area contributed by atoms with Crippen molar-refractivity contribution in [3.05, 3.63) is 75.3 Å². The minimum atomic E-state index is -0.645. The monoisotopic (exact) mass is 459 g/mol. The van der Waals surface area contributed by atoms with Crippen LogP contribution in [0.15, 0.2) is 47.0 Å². The van der Waals surface area contributed by atoms with Crippen molar-refractivity contribution in [3.63, 3.8) is 0 Å². The van der Waals surface area contributed by atoms with E-state index in [1.165, 1.54) is 24.3 Å². The summed E-state index contributed by atoms with van der Waals surface area (Å²) in [6.45, 7) is 0.832. The number of anilines is 1. The number of halogens is 3. The zero-order valence-corrected chi connectivity index (χ0v) is 17.7. The van der Waals surface area contributed by atoms with E-state index < -0.39 is 29.7 Å². The lowest BCUT2D eigenvalue weighted by Gasteiger charge is -2.16. The van der Waals surface area contributed by atoms with Gasteiger partial charge in [0.25, 0.3) is 5.91 Å². The lowest BCUT2D eigenvalue weighted by Crippen LogP contribution is -2.29. The van der Waals surface area contributed by atoms with Crippen LogP contribution in [0.3, 0.4) is 0 Å². The van der Waals surface area contributed by atoms with Crippen LogP contribution in [0.2, 0.25) is 5.02 Å². The minimum absolute atomic E-state index is 0.119. The van der Waals surface area contributed by atoms with E-state index in [0.29, 0.717) is 37.1 Å². The first-order valence-corrected chi connectivity index (χ1v) is 10.5. The number of hydrogen-bond donors (Lipinski definition) is 2. The number of nitrogens with one attached hydrogen (secondary N) is 2. The van der Waals surface area contributed by atoms with E-state index in [2.05, 4.69) is 15.6 Å². The molecule has 2 aliphatic rings. The molecule has 1 aliphatic carbocycles. The van der Waals surface area contributed by atoms with Gasteiger partial charge in [-0.15, -0.1) is 0 Å². The van der Waals surface area contributed by atoms with Crippen LogP contribution in [-0.2, 0) is 11.2 Å². The first kappa shape index (κ1) is 22.0. The number of amides is 2. The van der Waals surface area contributed by atoms with Crippen LogP contribution in [0, 0.1) is 11.6 Å². The highest BCUT2D eigenvalue weighted by Gasteiger charge is 2.31. The van der Waals surface area contributed by atoms with Gasteiger partial charge in [-0.25, -0.2) is 13.6 Å². The van der Waals surface area contributed by atoms with Crippen molar-refractivity contribution >= 4 is 35.5 Å². The van der Waals surface area contributed by atoms with Gasteiger partial charge < -0.3 is 15.4 Å². The summed E-state index contributed by atoms with van der Waals surface area (Å²) in [4.78, 5) is 29.0. The number of aliphatic imine (C=N–C) groups is 1. The van der Waals surface area contributed by atoms with Gasteiger partial charge in [-0.05, 0) is 54.3 Å². The highest BCUT2D eigenvalue weighted by atomic mass is 35.5. The molecule has 0 bridgehead atoms. The third-order valence-electron chi connectivity index (χ3n) is 5.39. The van der Waals surface area contributed by atoms with Crippen LogP contribution in [0.4, 0.5) is 19.3 Å². The molecule has 0 radical (unpaired) electrons. The number of alkyl carbamates (subject to hydrolysis) is 1. The molecular weight excluding hydrogens is 440 g/mol. The molecule has 0 spiro atoms. The first-order chi connectivity index (χ1) is 15.4. The van der Waals surface area contributed by atoms with Crippen molar-refractivity contribution in [2.75, 3.05) is 18.5 Å². The Balaban J connectivity index is 1.43. The van der Waals surface area contributed by atoms with E-state index in [-0.39, 0.29) is 22.8 Å². The Morgan fingerprint density at radius 2 is 2.00 bits per heavy atom. The second-order valence-electron chi connectivity index (χ2n) is 7.46. The van der Waals surface area contributed by atoms with Crippen molar-refractivity contribution in [1.29, 1.82) is 0 Å². The Labute approximate surface area is 188 Å². The molecule has 6 nitrogen and oxygen atoms in total. The summed E-state index contributed by atoms with van der Waals surface area (Å²) < 4.78 is 33.2. The highest BCUT2D eigenvalue weighted by molar-refractivity contribution is 6.31. The van der Waals surface area contributed by atoms with E-state index in [1.807, 2.05) is 6.08 Å². The van der Waals surface area contributed by atoms with Gasteiger partial charge in [0.05, 0.1) is 24.2 Å². The Morgan fingerprint density at radius 1 is 1.19 bits per heavy atom. The summed E-state index contributed by atoms with van der Waals surface area (Å²) in [6, 6.07) is 5.82. The van der Waals surface area contributed by atoms with Gasteiger partial charge in [-0.2, -0.15) is 0 Å². The topological polar surface area (TPSA) is 79.8 Å². The summed E-state index contributed by atoms with van der Waals surface area (Å²) in [6.07, 6.45) is 4.46. The standard InChI is InChI=1S/C23H20ClF2N3O3/c24-17-11-14(1-4-18(17)25)28-22(30)16-2-5-19(26)21-15(16)3-6-20(21)29-23(31)32-10-8-13-7-9-27-12-13/h1-2,4-5,7,11-12,20H,3,6,8-10H2,(H,28,30)(H,29,31)/t20-/m0/s1. The molecule has 4 rings (SSSR count). The number of benzene rings is 2. The zero-order valence-electron chi connectivity index (χ0n) is 17.0. The predicted octanol–water partition coefficient (Wildman–Crippen LogP) is 4.98. The molecule has 0 unspecified atom stereocenters. The van der Waals surface area contributed by atoms with Crippen LogP contribution < -0.4 is 10.6 Å². The van der Waals surface area contributed by atoms with Crippen molar-refractivity contribution in [2.24, 2.45) is 4.99 Å². The van der Waals surface area contributed by atoms with Crippen LogP contribution in [0.5, 0.6) is 0 Å². The number of carbonyl (C=O) groups excluding carboxylic acids is 2. The summed E-state index contributed by atoms with van der Waals surface area (Å²) in [5.74, 6) is -1.57. The molecule has 1 aliphatic heterocycles. The molecule has 2 aromatic rings. The normalized spacial score (nSPS) is 16.5. The Hall–Kier alpha value is -3.26. The second-order valence-corrected chi connectivity index (χ2v) is 7.87. The van der Waals surface area contributed by atoms with Gasteiger partial charge in [0, 0.05) is 29.4 Å². The van der Waals surface area contributed by atoms with Crippen molar-refractivity contribution in [1.82, 2.24) is 5.32 Å². The predicted molar refractivity (Wildman–Crippen MR) is 117 cm³/mol. The largest absolute Gasteiger partial charge is 0.449 e. The molecule has 0 aromatic heterocycles. The molecule has 2 N–H and O–H groups in total. The van der Waals surface area contributed by atoms with E-state index in [1.54, 1.807) is 6.21 Å². The summed E-state index contributed by atoms with van der Waals surface area (Å²) >= 11 is 5.76. The number of hydrogen-bond acceptors (Lipinski definition) is 4. The summed E-state index contributed by atoms with van der Waals surface area (Å²) in [7, 11) is 0. The smallest absolute Gasteiger partial charge is 0.407 e. The van der Waals surface area contributed by atoms with Gasteiger partial charge >= 0.3 is 6.09 Å². The molecular formula is C23H20ClF2N3O3. The number of ether oxygens (including phenoxy) is 1. The van der Waals surface area contributed by atoms with E-state index in [4.69, 9.17) is 16.3 Å². The third-order valence-corrected chi connectivity index (χ3v) is 5.68. The average Bonchev–Trinajstić information content (AvgIpc) is 3.42. The minimum Gasteiger partial charge on any atom is -0.449 e. The SMILES string of the molecule is O=C(N[C@H]1CCc2c(C(=O)Nc3ccc(F)c(Cl)c3)ccc(F)c21)OCCC1=CCN=C1. The second kappa shape index (κ2) is 9.48. The van der Waals surface area contributed by atoms with Crippen LogP contribution in [0.25, 0.3) is 0 Å². The van der Waals surface area contributed by atoms with E-state index in [0.717, 1.165) is 11.6 Å². The van der Waals surface area contributed by atoms with Crippen LogP contribution in [-0.4, -0.2) is 31.4 Å². The maximum absolute atomic E-state index is 14.6. The van der Waals surface area contributed by atoms with Gasteiger partial charge in [0.15, 0.2) is 0 Å². The lowest BCUT2D eigenvalue weighted by molar-refractivity contribution is 0.102. The van der Waals surface area contributed by atoms with Crippen LogP contribution >= 0.6 is 11.6 Å². The fourth-order valence-corrected chi connectivity index (χ4v) is 4.03. The molecule has 166 valence electrons. The maximum atomic E-state index is 14.6. The van der Waals surface area contributed by atoms with E-state index in [9.17, 15) is 18.4 Å². The molecule has 1 atom stereocenters. The fourth-order valence-electron chi connectivity index (χ4n) is 3.85. The lowest BCUT2D eigenvalue weighted by atomic mass is 10.0. The summed E-state index contributed by atoms with van der Waals surface area (Å²) in [5, 5.41) is 5.21. The molecule has 1 heterocycles. The first-order valence-electron chi connectivity index (χ1n) is 10.1. The molecule has 9 heteroatoms.